The average molecular weight is 243 g/mol. The van der Waals surface area contributed by atoms with Crippen LogP contribution in [0.15, 0.2) is 6.07 Å². The topological polar surface area (TPSA) is 38.7 Å². The maximum atomic E-state index is 10.0. The van der Waals surface area contributed by atoms with Gasteiger partial charge in [-0.1, -0.05) is 11.6 Å². The number of benzene rings is 1. The molecule has 16 heavy (non-hydrogen) atoms. The summed E-state index contributed by atoms with van der Waals surface area (Å²) in [4.78, 5) is 0. The first-order valence-corrected chi connectivity index (χ1v) is 5.68. The Labute approximate surface area is 99.9 Å². The fraction of sp³-hybridized carbons (Fsp3) is 0.500. The zero-order valence-corrected chi connectivity index (χ0v) is 10.2. The summed E-state index contributed by atoms with van der Waals surface area (Å²) in [7, 11) is 3.14. The van der Waals surface area contributed by atoms with E-state index >= 15 is 0 Å². The molecule has 2 rings (SSSR count). The summed E-state index contributed by atoms with van der Waals surface area (Å²) < 4.78 is 10.5. The van der Waals surface area contributed by atoms with Gasteiger partial charge in [-0.2, -0.15) is 0 Å². The number of hydrogen-bond acceptors (Lipinski definition) is 3. The summed E-state index contributed by atoms with van der Waals surface area (Å²) in [5, 5.41) is 10.7. The lowest BCUT2D eigenvalue weighted by molar-refractivity contribution is 0.151. The third-order valence-corrected chi connectivity index (χ3v) is 3.34. The normalized spacial score (nSPS) is 19.1. The van der Waals surface area contributed by atoms with Gasteiger partial charge in [-0.15, -0.1) is 0 Å². The van der Waals surface area contributed by atoms with Crippen molar-refractivity contribution >= 4 is 11.6 Å². The Morgan fingerprint density at radius 1 is 1.38 bits per heavy atom. The highest BCUT2D eigenvalue weighted by atomic mass is 35.5. The summed E-state index contributed by atoms with van der Waals surface area (Å²) >= 11 is 6.17. The van der Waals surface area contributed by atoms with Crippen molar-refractivity contribution in [1.82, 2.24) is 0 Å². The molecule has 0 fully saturated rings. The molecule has 0 radical (unpaired) electrons. The van der Waals surface area contributed by atoms with Crippen molar-refractivity contribution in [2.24, 2.45) is 0 Å². The molecule has 3 nitrogen and oxygen atoms in total. The van der Waals surface area contributed by atoms with Crippen LogP contribution in [-0.4, -0.2) is 19.3 Å². The molecule has 0 amide bonds. The van der Waals surface area contributed by atoms with E-state index in [0.29, 0.717) is 16.5 Å². The highest BCUT2D eigenvalue weighted by Crippen LogP contribution is 2.45. The Bertz CT molecular complexity index is 404. The van der Waals surface area contributed by atoms with Crippen LogP contribution in [0.25, 0.3) is 0 Å². The highest BCUT2D eigenvalue weighted by molar-refractivity contribution is 6.31. The molecule has 1 N–H and O–H groups in total. The van der Waals surface area contributed by atoms with Gasteiger partial charge in [0.05, 0.1) is 20.3 Å². The van der Waals surface area contributed by atoms with Crippen LogP contribution in [-0.2, 0) is 6.42 Å². The maximum Gasteiger partial charge on any atom is 0.166 e. The number of aliphatic hydroxyl groups is 1. The van der Waals surface area contributed by atoms with Crippen LogP contribution >= 0.6 is 11.6 Å². The molecule has 1 aliphatic carbocycles. The predicted octanol–water partition coefficient (Wildman–Crippen LogP) is 2.73. The molecular weight excluding hydrogens is 228 g/mol. The van der Waals surface area contributed by atoms with E-state index in [-0.39, 0.29) is 0 Å². The van der Waals surface area contributed by atoms with Crippen molar-refractivity contribution in [3.8, 4) is 11.5 Å². The smallest absolute Gasteiger partial charge is 0.166 e. The standard InChI is InChI=1S/C12H15ClO3/c1-15-10-6-8(13)7-4-3-5-9(14)11(7)12(10)16-2/h6,9,14H,3-5H2,1-2H3. The van der Waals surface area contributed by atoms with E-state index in [1.54, 1.807) is 20.3 Å². The molecule has 0 saturated carbocycles. The molecule has 0 bridgehead atoms. The fourth-order valence-corrected chi connectivity index (χ4v) is 2.55. The highest BCUT2D eigenvalue weighted by Gasteiger charge is 2.27. The van der Waals surface area contributed by atoms with Crippen LogP contribution in [0, 0.1) is 0 Å². The number of aliphatic hydroxyl groups excluding tert-OH is 1. The fourth-order valence-electron chi connectivity index (χ4n) is 2.25. The molecular formula is C12H15ClO3. The average Bonchev–Trinajstić information content (AvgIpc) is 2.29. The van der Waals surface area contributed by atoms with Gasteiger partial charge in [0.25, 0.3) is 0 Å². The monoisotopic (exact) mass is 242 g/mol. The summed E-state index contributed by atoms with van der Waals surface area (Å²) in [5.74, 6) is 1.18. The molecule has 1 aromatic carbocycles. The van der Waals surface area contributed by atoms with Crippen molar-refractivity contribution < 1.29 is 14.6 Å². The van der Waals surface area contributed by atoms with E-state index in [0.717, 1.165) is 30.4 Å². The Morgan fingerprint density at radius 3 is 2.75 bits per heavy atom. The van der Waals surface area contributed by atoms with E-state index in [1.165, 1.54) is 0 Å². The molecule has 1 aliphatic rings. The zero-order valence-electron chi connectivity index (χ0n) is 9.42. The number of methoxy groups -OCH3 is 2. The lowest BCUT2D eigenvalue weighted by Crippen LogP contribution is -2.12. The molecule has 1 atom stereocenters. The molecule has 1 unspecified atom stereocenters. The quantitative estimate of drug-likeness (QED) is 0.867. The van der Waals surface area contributed by atoms with Crippen molar-refractivity contribution in [3.63, 3.8) is 0 Å². The van der Waals surface area contributed by atoms with Crippen LogP contribution in [0.4, 0.5) is 0 Å². The number of hydrogen-bond donors (Lipinski definition) is 1. The minimum absolute atomic E-state index is 0.508. The largest absolute Gasteiger partial charge is 0.493 e. The molecule has 0 heterocycles. The lowest BCUT2D eigenvalue weighted by atomic mass is 9.88. The molecule has 0 aromatic heterocycles. The second-order valence-corrected chi connectivity index (χ2v) is 4.30. The summed E-state index contributed by atoms with van der Waals surface area (Å²) in [6.45, 7) is 0. The Kier molecular flexibility index (Phi) is 3.26. The third kappa shape index (κ3) is 1.74. The van der Waals surface area contributed by atoms with Gasteiger partial charge < -0.3 is 14.6 Å². The van der Waals surface area contributed by atoms with Gasteiger partial charge in [0, 0.05) is 16.7 Å². The zero-order chi connectivity index (χ0) is 11.7. The Balaban J connectivity index is 2.65. The summed E-state index contributed by atoms with van der Waals surface area (Å²) in [6.07, 6.45) is 2.06. The predicted molar refractivity (Wildman–Crippen MR) is 62.5 cm³/mol. The van der Waals surface area contributed by atoms with E-state index in [4.69, 9.17) is 21.1 Å². The van der Waals surface area contributed by atoms with Gasteiger partial charge in [0.15, 0.2) is 11.5 Å². The van der Waals surface area contributed by atoms with E-state index in [2.05, 4.69) is 0 Å². The molecule has 0 aliphatic heterocycles. The van der Waals surface area contributed by atoms with Gasteiger partial charge >= 0.3 is 0 Å². The number of halogens is 1. The van der Waals surface area contributed by atoms with E-state index in [1.807, 2.05) is 0 Å². The second-order valence-electron chi connectivity index (χ2n) is 3.89. The van der Waals surface area contributed by atoms with Gasteiger partial charge in [0.2, 0.25) is 0 Å². The SMILES string of the molecule is COc1cc(Cl)c2c(c1OC)C(O)CCC2. The Morgan fingerprint density at radius 2 is 2.12 bits per heavy atom. The molecule has 4 heteroatoms. The van der Waals surface area contributed by atoms with Gasteiger partial charge in [-0.05, 0) is 24.8 Å². The Hall–Kier alpha value is -0.930. The van der Waals surface area contributed by atoms with Crippen molar-refractivity contribution in [2.45, 2.75) is 25.4 Å². The van der Waals surface area contributed by atoms with Crippen molar-refractivity contribution in [3.05, 3.63) is 22.2 Å². The van der Waals surface area contributed by atoms with Crippen LogP contribution in [0.5, 0.6) is 11.5 Å². The minimum Gasteiger partial charge on any atom is -0.493 e. The minimum atomic E-state index is -0.508. The van der Waals surface area contributed by atoms with Crippen LogP contribution in [0.2, 0.25) is 5.02 Å². The van der Waals surface area contributed by atoms with Crippen LogP contribution in [0.1, 0.15) is 30.1 Å². The number of fused-ring (bicyclic) bond motifs is 1. The first kappa shape index (κ1) is 11.6. The first-order chi connectivity index (χ1) is 7.69. The number of rotatable bonds is 2. The van der Waals surface area contributed by atoms with Gasteiger partial charge in [-0.3, -0.25) is 0 Å². The van der Waals surface area contributed by atoms with Crippen molar-refractivity contribution in [1.29, 1.82) is 0 Å². The van der Waals surface area contributed by atoms with E-state index in [9.17, 15) is 5.11 Å². The van der Waals surface area contributed by atoms with E-state index < -0.39 is 6.10 Å². The molecule has 88 valence electrons. The van der Waals surface area contributed by atoms with Gasteiger partial charge in [0.1, 0.15) is 0 Å². The lowest BCUT2D eigenvalue weighted by Gasteiger charge is -2.25. The summed E-state index contributed by atoms with van der Waals surface area (Å²) in [5.41, 5.74) is 1.77. The van der Waals surface area contributed by atoms with Crippen molar-refractivity contribution in [2.75, 3.05) is 14.2 Å². The first-order valence-electron chi connectivity index (χ1n) is 5.30. The third-order valence-electron chi connectivity index (χ3n) is 3.00. The molecule has 1 aromatic rings. The van der Waals surface area contributed by atoms with Crippen LogP contribution < -0.4 is 9.47 Å². The molecule has 0 spiro atoms. The van der Waals surface area contributed by atoms with Crippen LogP contribution in [0.3, 0.4) is 0 Å². The second kappa shape index (κ2) is 4.52. The number of ether oxygens (including phenoxy) is 2. The molecule has 0 saturated heterocycles. The maximum absolute atomic E-state index is 10.0. The summed E-state index contributed by atoms with van der Waals surface area (Å²) in [6, 6.07) is 1.75. The van der Waals surface area contributed by atoms with Gasteiger partial charge in [-0.25, -0.2) is 0 Å².